The molecule has 31 heavy (non-hydrogen) atoms. The van der Waals surface area contributed by atoms with Crippen LogP contribution in [-0.4, -0.2) is 22.5 Å². The van der Waals surface area contributed by atoms with Crippen LogP contribution < -0.4 is 15.6 Å². The molecule has 1 atom stereocenters. The van der Waals surface area contributed by atoms with Crippen molar-refractivity contribution in [2.45, 2.75) is 53.2 Å². The fourth-order valence-corrected chi connectivity index (χ4v) is 3.60. The van der Waals surface area contributed by atoms with Gasteiger partial charge in [-0.05, 0) is 55.5 Å². The van der Waals surface area contributed by atoms with E-state index in [1.807, 2.05) is 44.2 Å². The number of carbonyl (C=O) groups is 2. The second-order valence-electron chi connectivity index (χ2n) is 8.19. The number of hydrogen-bond donors (Lipinski definition) is 2. The molecule has 2 amide bonds. The number of aryl methyl sites for hydroxylation is 1. The molecule has 2 heterocycles. The third-order valence-electron chi connectivity index (χ3n) is 5.45. The molecule has 1 aliphatic rings. The van der Waals surface area contributed by atoms with E-state index in [9.17, 15) is 14.9 Å². The smallest absolute Gasteiger partial charge is 0.280 e. The second kappa shape index (κ2) is 9.52. The molecule has 1 aromatic carbocycles. The van der Waals surface area contributed by atoms with Gasteiger partial charge in [0, 0.05) is 24.4 Å². The number of nitrogens with zero attached hydrogens (tertiary/aromatic N) is 2. The van der Waals surface area contributed by atoms with Crippen LogP contribution in [0.4, 0.5) is 0 Å². The van der Waals surface area contributed by atoms with Crippen LogP contribution in [0.15, 0.2) is 35.9 Å². The summed E-state index contributed by atoms with van der Waals surface area (Å²) in [6.07, 6.45) is 2.32. The number of rotatable bonds is 6. The summed E-state index contributed by atoms with van der Waals surface area (Å²) in [6, 6.07) is 11.3. The molecule has 2 N–H and O–H groups in total. The number of fused-ring (bicyclic) bond motifs is 1. The van der Waals surface area contributed by atoms with Crippen molar-refractivity contribution >= 4 is 17.9 Å². The SMILES string of the molecule is Cc1cc(/C=C(\C#N)C(=O)NNC(=O)C2Cc3ccccc3O2)c(C)n1CCC(C)C. The van der Waals surface area contributed by atoms with Crippen LogP contribution in [0.5, 0.6) is 5.75 Å². The van der Waals surface area contributed by atoms with E-state index in [1.165, 1.54) is 0 Å². The van der Waals surface area contributed by atoms with Gasteiger partial charge in [0.1, 0.15) is 17.4 Å². The number of carbonyl (C=O) groups excluding carboxylic acids is 2. The van der Waals surface area contributed by atoms with Crippen LogP contribution in [-0.2, 0) is 22.6 Å². The predicted molar refractivity (Wildman–Crippen MR) is 118 cm³/mol. The highest BCUT2D eigenvalue weighted by molar-refractivity contribution is 6.02. The molecule has 7 heteroatoms. The Morgan fingerprint density at radius 2 is 2.03 bits per heavy atom. The van der Waals surface area contributed by atoms with Crippen LogP contribution in [0.3, 0.4) is 0 Å². The number of nitriles is 1. The molecule has 162 valence electrons. The van der Waals surface area contributed by atoms with E-state index in [1.54, 1.807) is 12.1 Å². The monoisotopic (exact) mass is 420 g/mol. The van der Waals surface area contributed by atoms with Crippen molar-refractivity contribution in [3.63, 3.8) is 0 Å². The molecule has 2 aromatic rings. The van der Waals surface area contributed by atoms with Crippen LogP contribution in [0.1, 0.15) is 42.8 Å². The Morgan fingerprint density at radius 3 is 2.71 bits per heavy atom. The first-order valence-electron chi connectivity index (χ1n) is 10.4. The molecule has 1 unspecified atom stereocenters. The third-order valence-corrected chi connectivity index (χ3v) is 5.45. The highest BCUT2D eigenvalue weighted by Crippen LogP contribution is 2.28. The Morgan fingerprint density at radius 1 is 1.29 bits per heavy atom. The predicted octanol–water partition coefficient (Wildman–Crippen LogP) is 3.21. The number of amides is 2. The Labute approximate surface area is 182 Å². The summed E-state index contributed by atoms with van der Waals surface area (Å²) in [7, 11) is 0. The Bertz CT molecular complexity index is 1030. The number of hydrazine groups is 1. The number of para-hydroxylation sites is 1. The fourth-order valence-electron chi connectivity index (χ4n) is 3.60. The quantitative estimate of drug-likeness (QED) is 0.426. The zero-order valence-corrected chi connectivity index (χ0v) is 18.4. The van der Waals surface area contributed by atoms with Crippen LogP contribution in [0, 0.1) is 31.1 Å². The number of hydrogen-bond acceptors (Lipinski definition) is 4. The number of nitrogens with one attached hydrogen (secondary N) is 2. The minimum Gasteiger partial charge on any atom is -0.480 e. The molecule has 1 aromatic heterocycles. The summed E-state index contributed by atoms with van der Waals surface area (Å²) >= 11 is 0. The van der Waals surface area contributed by atoms with Crippen LogP contribution in [0.2, 0.25) is 0 Å². The average molecular weight is 421 g/mol. The van der Waals surface area contributed by atoms with Crippen molar-refractivity contribution in [3.8, 4) is 11.8 Å². The van der Waals surface area contributed by atoms with Crippen LogP contribution >= 0.6 is 0 Å². The Kier molecular flexibility index (Phi) is 6.81. The lowest BCUT2D eigenvalue weighted by molar-refractivity contribution is -0.131. The van der Waals surface area contributed by atoms with Crippen molar-refractivity contribution < 1.29 is 14.3 Å². The van der Waals surface area contributed by atoms with E-state index in [4.69, 9.17) is 4.74 Å². The van der Waals surface area contributed by atoms with Gasteiger partial charge >= 0.3 is 0 Å². The van der Waals surface area contributed by atoms with E-state index in [2.05, 4.69) is 29.3 Å². The maximum absolute atomic E-state index is 12.5. The molecule has 0 saturated heterocycles. The van der Waals surface area contributed by atoms with Gasteiger partial charge in [-0.3, -0.25) is 20.4 Å². The molecule has 0 bridgehead atoms. The van der Waals surface area contributed by atoms with Gasteiger partial charge in [0.2, 0.25) is 0 Å². The first-order chi connectivity index (χ1) is 14.8. The highest BCUT2D eigenvalue weighted by Gasteiger charge is 2.29. The summed E-state index contributed by atoms with van der Waals surface area (Å²) in [5.74, 6) is 0.118. The van der Waals surface area contributed by atoms with Gasteiger partial charge in [0.25, 0.3) is 11.8 Å². The average Bonchev–Trinajstić information content (AvgIpc) is 3.29. The molecule has 7 nitrogen and oxygen atoms in total. The number of ether oxygens (including phenoxy) is 1. The van der Waals surface area contributed by atoms with Crippen molar-refractivity contribution in [1.82, 2.24) is 15.4 Å². The minimum absolute atomic E-state index is 0.0833. The van der Waals surface area contributed by atoms with Gasteiger partial charge in [-0.2, -0.15) is 5.26 Å². The number of benzene rings is 1. The van der Waals surface area contributed by atoms with Gasteiger partial charge in [-0.25, -0.2) is 0 Å². The van der Waals surface area contributed by atoms with E-state index in [0.717, 1.165) is 35.5 Å². The first kappa shape index (κ1) is 22.2. The lowest BCUT2D eigenvalue weighted by Gasteiger charge is -2.12. The third kappa shape index (κ3) is 5.15. The summed E-state index contributed by atoms with van der Waals surface area (Å²) in [5, 5.41) is 9.47. The van der Waals surface area contributed by atoms with E-state index in [-0.39, 0.29) is 5.57 Å². The van der Waals surface area contributed by atoms with Gasteiger partial charge in [0.15, 0.2) is 6.10 Å². The van der Waals surface area contributed by atoms with Crippen molar-refractivity contribution in [2.75, 3.05) is 0 Å². The van der Waals surface area contributed by atoms with Gasteiger partial charge in [-0.15, -0.1) is 0 Å². The summed E-state index contributed by atoms with van der Waals surface area (Å²) in [5.41, 5.74) is 8.44. The summed E-state index contributed by atoms with van der Waals surface area (Å²) < 4.78 is 7.80. The maximum atomic E-state index is 12.5. The van der Waals surface area contributed by atoms with Gasteiger partial charge < -0.3 is 9.30 Å². The molecule has 0 radical (unpaired) electrons. The molecule has 3 rings (SSSR count). The Hall–Kier alpha value is -3.53. The lowest BCUT2D eigenvalue weighted by atomic mass is 10.1. The van der Waals surface area contributed by atoms with Gasteiger partial charge in [-0.1, -0.05) is 32.0 Å². The van der Waals surface area contributed by atoms with Crippen molar-refractivity contribution in [3.05, 3.63) is 58.4 Å². The fraction of sp³-hybridized carbons (Fsp3) is 0.375. The van der Waals surface area contributed by atoms with E-state index >= 15 is 0 Å². The zero-order chi connectivity index (χ0) is 22.5. The lowest BCUT2D eigenvalue weighted by Crippen LogP contribution is -2.48. The molecular formula is C24H28N4O3. The first-order valence-corrected chi connectivity index (χ1v) is 10.4. The largest absolute Gasteiger partial charge is 0.480 e. The minimum atomic E-state index is -0.716. The summed E-state index contributed by atoms with van der Waals surface area (Å²) in [6.45, 7) is 9.23. The van der Waals surface area contributed by atoms with Crippen LogP contribution in [0.25, 0.3) is 6.08 Å². The molecule has 0 spiro atoms. The van der Waals surface area contributed by atoms with Crippen molar-refractivity contribution in [2.24, 2.45) is 5.92 Å². The molecule has 0 fully saturated rings. The molecule has 1 aliphatic heterocycles. The Balaban J connectivity index is 1.63. The normalized spacial score (nSPS) is 15.2. The zero-order valence-electron chi connectivity index (χ0n) is 18.4. The second-order valence-corrected chi connectivity index (χ2v) is 8.19. The standard InChI is InChI=1S/C24H28N4O3/c1-15(2)9-10-28-16(3)11-19(17(28)4)12-20(14-25)23(29)26-27-24(30)22-13-18-7-5-6-8-21(18)31-22/h5-8,11-12,15,22H,9-10,13H2,1-4H3,(H,26,29)(H,27,30)/b20-12+. The topological polar surface area (TPSA) is 96.2 Å². The van der Waals surface area contributed by atoms with Crippen molar-refractivity contribution in [1.29, 1.82) is 5.26 Å². The molecule has 0 saturated carbocycles. The highest BCUT2D eigenvalue weighted by atomic mass is 16.5. The molecular weight excluding hydrogens is 392 g/mol. The van der Waals surface area contributed by atoms with Gasteiger partial charge in [0.05, 0.1) is 0 Å². The maximum Gasteiger partial charge on any atom is 0.280 e. The number of aromatic nitrogens is 1. The molecule has 0 aliphatic carbocycles. The van der Waals surface area contributed by atoms with E-state index in [0.29, 0.717) is 18.1 Å². The summed E-state index contributed by atoms with van der Waals surface area (Å²) in [4.78, 5) is 24.8. The van der Waals surface area contributed by atoms with E-state index < -0.39 is 17.9 Å².